The standard InChI is InChI=1S/C20H20N4O/c1-3-23-15-6-4-5-7-16(15)24-17(12-18(21)25)19(22-20(23)24)14-10-8-13(2)9-11-14/h4-11H,3,12H2,1-2H3,(H2,21,25). The van der Waals surface area contributed by atoms with Gasteiger partial charge in [-0.25, -0.2) is 4.98 Å². The van der Waals surface area contributed by atoms with Gasteiger partial charge in [-0.1, -0.05) is 42.0 Å². The molecule has 0 aliphatic carbocycles. The Morgan fingerprint density at radius 1 is 1.08 bits per heavy atom. The molecule has 0 atom stereocenters. The van der Waals surface area contributed by atoms with Crippen molar-refractivity contribution in [3.8, 4) is 11.3 Å². The second-order valence-electron chi connectivity index (χ2n) is 6.28. The maximum absolute atomic E-state index is 11.7. The van der Waals surface area contributed by atoms with Crippen LogP contribution in [0.3, 0.4) is 0 Å². The van der Waals surface area contributed by atoms with Crippen LogP contribution in [0.15, 0.2) is 48.5 Å². The SMILES string of the molecule is CCn1c2ccccc2n2c(CC(N)=O)c(-c3ccc(C)cc3)nc12. The van der Waals surface area contributed by atoms with Crippen molar-refractivity contribution in [1.82, 2.24) is 14.0 Å². The predicted octanol–water partition coefficient (Wildman–Crippen LogP) is 3.31. The molecule has 4 rings (SSSR count). The molecular formula is C20H20N4O. The van der Waals surface area contributed by atoms with E-state index in [1.807, 2.05) is 24.3 Å². The van der Waals surface area contributed by atoms with Crippen LogP contribution in [-0.2, 0) is 17.8 Å². The molecule has 0 saturated carbocycles. The molecule has 1 amide bonds. The van der Waals surface area contributed by atoms with Crippen LogP contribution in [0, 0.1) is 6.92 Å². The van der Waals surface area contributed by atoms with E-state index in [1.54, 1.807) is 0 Å². The molecule has 0 saturated heterocycles. The number of carbonyl (C=O) groups excluding carboxylic acids is 1. The number of fused-ring (bicyclic) bond motifs is 3. The Bertz CT molecular complexity index is 1090. The summed E-state index contributed by atoms with van der Waals surface area (Å²) in [5.74, 6) is 0.485. The molecule has 0 bridgehead atoms. The zero-order chi connectivity index (χ0) is 17.6. The fourth-order valence-corrected chi connectivity index (χ4v) is 3.45. The second-order valence-corrected chi connectivity index (χ2v) is 6.28. The molecule has 0 aliphatic heterocycles. The largest absolute Gasteiger partial charge is 0.369 e. The van der Waals surface area contributed by atoms with E-state index in [9.17, 15) is 4.79 Å². The third kappa shape index (κ3) is 2.39. The zero-order valence-corrected chi connectivity index (χ0v) is 14.4. The quantitative estimate of drug-likeness (QED) is 0.623. The van der Waals surface area contributed by atoms with E-state index in [2.05, 4.69) is 47.1 Å². The Balaban J connectivity index is 2.09. The van der Waals surface area contributed by atoms with Gasteiger partial charge in [0.15, 0.2) is 0 Å². The number of rotatable bonds is 4. The van der Waals surface area contributed by atoms with Gasteiger partial charge < -0.3 is 10.3 Å². The van der Waals surface area contributed by atoms with Crippen LogP contribution >= 0.6 is 0 Å². The molecule has 0 unspecified atom stereocenters. The fraction of sp³-hybridized carbons (Fsp3) is 0.200. The molecule has 5 heteroatoms. The van der Waals surface area contributed by atoms with Crippen molar-refractivity contribution >= 4 is 22.7 Å². The fourth-order valence-electron chi connectivity index (χ4n) is 3.45. The molecule has 0 radical (unpaired) electrons. The van der Waals surface area contributed by atoms with Crippen molar-refractivity contribution in [3.63, 3.8) is 0 Å². The highest BCUT2D eigenvalue weighted by Crippen LogP contribution is 2.30. The normalized spacial score (nSPS) is 11.4. The molecule has 5 nitrogen and oxygen atoms in total. The van der Waals surface area contributed by atoms with Crippen LogP contribution in [0.2, 0.25) is 0 Å². The van der Waals surface area contributed by atoms with Gasteiger partial charge in [-0.2, -0.15) is 0 Å². The minimum Gasteiger partial charge on any atom is -0.369 e. The number of imidazole rings is 2. The number of hydrogen-bond acceptors (Lipinski definition) is 2. The van der Waals surface area contributed by atoms with Gasteiger partial charge in [-0.15, -0.1) is 0 Å². The number of aryl methyl sites for hydroxylation is 2. The van der Waals surface area contributed by atoms with Crippen LogP contribution in [0.25, 0.3) is 28.1 Å². The Morgan fingerprint density at radius 2 is 1.76 bits per heavy atom. The number of nitrogens with two attached hydrogens (primary N) is 1. The lowest BCUT2D eigenvalue weighted by molar-refractivity contribution is -0.117. The third-order valence-electron chi connectivity index (χ3n) is 4.59. The van der Waals surface area contributed by atoms with Gasteiger partial charge in [-0.05, 0) is 26.0 Å². The molecule has 2 heterocycles. The smallest absolute Gasteiger partial charge is 0.223 e. The first-order valence-corrected chi connectivity index (χ1v) is 8.44. The minimum absolute atomic E-state index is 0.155. The summed E-state index contributed by atoms with van der Waals surface area (Å²) in [6.07, 6.45) is 0.155. The van der Waals surface area contributed by atoms with E-state index < -0.39 is 0 Å². The van der Waals surface area contributed by atoms with Gasteiger partial charge in [0.1, 0.15) is 0 Å². The van der Waals surface area contributed by atoms with Gasteiger partial charge in [-0.3, -0.25) is 9.20 Å². The number of benzene rings is 2. The molecule has 0 aliphatic rings. The van der Waals surface area contributed by atoms with Crippen LogP contribution in [0.4, 0.5) is 0 Å². The molecule has 2 aromatic heterocycles. The van der Waals surface area contributed by atoms with Crippen molar-refractivity contribution < 1.29 is 4.79 Å². The Morgan fingerprint density at radius 3 is 2.40 bits per heavy atom. The topological polar surface area (TPSA) is 65.3 Å². The highest BCUT2D eigenvalue weighted by atomic mass is 16.1. The molecule has 2 aromatic carbocycles. The molecule has 2 N–H and O–H groups in total. The van der Waals surface area contributed by atoms with Crippen molar-refractivity contribution in [1.29, 1.82) is 0 Å². The van der Waals surface area contributed by atoms with E-state index in [4.69, 9.17) is 10.7 Å². The van der Waals surface area contributed by atoms with Crippen LogP contribution in [-0.4, -0.2) is 19.9 Å². The summed E-state index contributed by atoms with van der Waals surface area (Å²) in [6, 6.07) is 16.3. The summed E-state index contributed by atoms with van der Waals surface area (Å²) < 4.78 is 4.23. The molecule has 0 spiro atoms. The van der Waals surface area contributed by atoms with Gasteiger partial charge >= 0.3 is 0 Å². The zero-order valence-electron chi connectivity index (χ0n) is 14.4. The van der Waals surface area contributed by atoms with Crippen LogP contribution in [0.5, 0.6) is 0 Å². The van der Waals surface area contributed by atoms with E-state index >= 15 is 0 Å². The molecule has 25 heavy (non-hydrogen) atoms. The number of amides is 1. The molecular weight excluding hydrogens is 312 g/mol. The maximum Gasteiger partial charge on any atom is 0.223 e. The van der Waals surface area contributed by atoms with Gasteiger partial charge in [0.25, 0.3) is 0 Å². The van der Waals surface area contributed by atoms with E-state index in [0.717, 1.165) is 40.3 Å². The maximum atomic E-state index is 11.7. The first-order valence-electron chi connectivity index (χ1n) is 8.44. The number of hydrogen-bond donors (Lipinski definition) is 1. The number of nitrogens with zero attached hydrogens (tertiary/aromatic N) is 3. The van der Waals surface area contributed by atoms with Crippen molar-refractivity contribution in [3.05, 3.63) is 59.8 Å². The van der Waals surface area contributed by atoms with Gasteiger partial charge in [0, 0.05) is 12.1 Å². The monoisotopic (exact) mass is 332 g/mol. The summed E-state index contributed by atoms with van der Waals surface area (Å²) >= 11 is 0. The first kappa shape index (κ1) is 15.4. The average Bonchev–Trinajstić information content (AvgIpc) is 3.10. The number of primary amides is 1. The van der Waals surface area contributed by atoms with Gasteiger partial charge in [0.2, 0.25) is 11.7 Å². The Kier molecular flexibility index (Phi) is 3.57. The summed E-state index contributed by atoms with van der Waals surface area (Å²) in [5.41, 5.74) is 11.5. The molecule has 126 valence electrons. The predicted molar refractivity (Wildman–Crippen MR) is 99.4 cm³/mol. The minimum atomic E-state index is -0.358. The number of aromatic nitrogens is 3. The Labute approximate surface area is 145 Å². The highest BCUT2D eigenvalue weighted by molar-refractivity contribution is 5.86. The number of para-hydroxylation sites is 2. The second kappa shape index (κ2) is 5.77. The summed E-state index contributed by atoms with van der Waals surface area (Å²) in [7, 11) is 0. The molecule has 4 aromatic rings. The lowest BCUT2D eigenvalue weighted by atomic mass is 10.1. The van der Waals surface area contributed by atoms with Crippen molar-refractivity contribution in [2.45, 2.75) is 26.8 Å². The first-order chi connectivity index (χ1) is 12.1. The Hall–Kier alpha value is -3.08. The highest BCUT2D eigenvalue weighted by Gasteiger charge is 2.21. The van der Waals surface area contributed by atoms with Crippen molar-refractivity contribution in [2.75, 3.05) is 0 Å². The molecule has 0 fully saturated rings. The van der Waals surface area contributed by atoms with E-state index in [-0.39, 0.29) is 12.3 Å². The summed E-state index contributed by atoms with van der Waals surface area (Å²) in [4.78, 5) is 16.6. The van der Waals surface area contributed by atoms with Crippen molar-refractivity contribution in [2.24, 2.45) is 5.73 Å². The number of carbonyl (C=O) groups is 1. The summed E-state index contributed by atoms with van der Waals surface area (Å²) in [5, 5.41) is 0. The third-order valence-corrected chi connectivity index (χ3v) is 4.59. The lowest BCUT2D eigenvalue weighted by Gasteiger charge is -2.04. The van der Waals surface area contributed by atoms with E-state index in [0.29, 0.717) is 0 Å². The summed E-state index contributed by atoms with van der Waals surface area (Å²) in [6.45, 7) is 4.95. The van der Waals surface area contributed by atoms with Crippen LogP contribution in [0.1, 0.15) is 18.2 Å². The van der Waals surface area contributed by atoms with Gasteiger partial charge in [0.05, 0.1) is 28.8 Å². The lowest BCUT2D eigenvalue weighted by Crippen LogP contribution is -2.15. The van der Waals surface area contributed by atoms with Crippen LogP contribution < -0.4 is 5.73 Å². The average molecular weight is 332 g/mol. The van der Waals surface area contributed by atoms with E-state index in [1.165, 1.54) is 5.56 Å².